The van der Waals surface area contributed by atoms with Crippen LogP contribution < -0.4 is 0 Å². The Bertz CT molecular complexity index is 255. The average molecular weight is 674 g/mol. The fourth-order valence-electron chi connectivity index (χ4n) is 2.24. The maximum atomic E-state index is 2.41. The molecule has 0 radical (unpaired) electrons. The Labute approximate surface area is 186 Å². The molecule has 2 aliphatic carbocycles. The highest BCUT2D eigenvalue weighted by molar-refractivity contribution is 8.93. The summed E-state index contributed by atoms with van der Waals surface area (Å²) in [6.07, 6.45) is 20.2. The van der Waals surface area contributed by atoms with E-state index in [9.17, 15) is 0 Å². The van der Waals surface area contributed by atoms with Gasteiger partial charge in [-0.3, -0.25) is 0 Å². The van der Waals surface area contributed by atoms with Crippen LogP contribution in [0.4, 0.5) is 0 Å². The van der Waals surface area contributed by atoms with Crippen molar-refractivity contribution in [3.63, 3.8) is 0 Å². The van der Waals surface area contributed by atoms with Gasteiger partial charge in [-0.1, -0.05) is 35.5 Å². The molecule has 0 aliphatic heterocycles. The third-order valence-electron chi connectivity index (χ3n) is 3.16. The lowest BCUT2D eigenvalue weighted by molar-refractivity contribution is 0.707. The van der Waals surface area contributed by atoms with Crippen molar-refractivity contribution in [1.82, 2.24) is 0 Å². The van der Waals surface area contributed by atoms with Gasteiger partial charge in [0.15, 0.2) is 0 Å². The van der Waals surface area contributed by atoms with Gasteiger partial charge in [-0.05, 0) is 51.4 Å². The molecule has 0 saturated carbocycles. The monoisotopic (exact) mass is 668 g/mol. The smallest absolute Gasteiger partial charge is 0.0282 e. The average Bonchev–Trinajstić information content (AvgIpc) is 2.29. The minimum Gasteiger partial charge on any atom is -0.114 e. The van der Waals surface area contributed by atoms with Crippen LogP contribution in [0.15, 0.2) is 35.5 Å². The predicted molar refractivity (Wildman–Crippen MR) is 124 cm³/mol. The Balaban J connectivity index is -0.000000125. The highest BCUT2D eigenvalue weighted by Crippen LogP contribution is 2.22. The summed E-state index contributed by atoms with van der Waals surface area (Å²) < 4.78 is 0. The summed E-state index contributed by atoms with van der Waals surface area (Å²) in [7, 11) is 0. The van der Waals surface area contributed by atoms with Crippen LogP contribution in [0.1, 0.15) is 51.4 Å². The second-order valence-electron chi connectivity index (χ2n) is 4.38. The van der Waals surface area contributed by atoms with Crippen molar-refractivity contribution in [3.05, 3.63) is 35.5 Å². The lowest BCUT2D eigenvalue weighted by Crippen LogP contribution is -1.91. The number of halogens is 6. The molecular weight excluding hydrogens is 648 g/mol. The highest BCUT2D eigenvalue weighted by atomic mass is 79.9. The van der Waals surface area contributed by atoms with Gasteiger partial charge in [0.05, 0.1) is 0 Å². The van der Waals surface area contributed by atoms with Gasteiger partial charge < -0.3 is 0 Å². The fourth-order valence-corrected chi connectivity index (χ4v) is 2.24. The summed E-state index contributed by atoms with van der Waals surface area (Å²) in [6, 6.07) is 0. The summed E-state index contributed by atoms with van der Waals surface area (Å²) in [5.74, 6) is 0. The van der Waals surface area contributed by atoms with Gasteiger partial charge in [0, 0.05) is 0 Å². The van der Waals surface area contributed by atoms with E-state index in [4.69, 9.17) is 0 Å². The molecule has 124 valence electrons. The first-order valence-electron chi connectivity index (χ1n) is 6.01. The maximum Gasteiger partial charge on any atom is -0.0282 e. The molecule has 0 saturated heterocycles. The van der Waals surface area contributed by atoms with E-state index in [0.717, 1.165) is 0 Å². The van der Waals surface area contributed by atoms with E-state index in [1.807, 2.05) is 0 Å². The molecule has 0 aromatic carbocycles. The molecule has 0 atom stereocenters. The van der Waals surface area contributed by atoms with Gasteiger partial charge >= 0.3 is 0 Å². The van der Waals surface area contributed by atoms with Gasteiger partial charge in [0.25, 0.3) is 0 Å². The van der Waals surface area contributed by atoms with Crippen molar-refractivity contribution in [2.24, 2.45) is 0 Å². The van der Waals surface area contributed by atoms with Crippen molar-refractivity contribution in [3.8, 4) is 0 Å². The number of hydrogen-bond donors (Lipinski definition) is 0. The third kappa shape index (κ3) is 13.7. The second-order valence-corrected chi connectivity index (χ2v) is 4.38. The lowest BCUT2D eigenvalue weighted by Gasteiger charge is -2.10. The van der Waals surface area contributed by atoms with Crippen LogP contribution in [-0.2, 0) is 0 Å². The minimum absolute atomic E-state index is 0. The third-order valence-corrected chi connectivity index (χ3v) is 3.16. The SMILES string of the molecule is Br.Br.Br.Br.Br.Br.C(=CC1=CCCCC1)C1=CCCCC1. The largest absolute Gasteiger partial charge is 0.114 e. The van der Waals surface area contributed by atoms with Gasteiger partial charge in [0.2, 0.25) is 0 Å². The standard InChI is InChI=1S/C14H20.6BrH/c1-3-7-13(8-4-1)11-12-14-9-5-2-6-10-14;;;;;;/h7,9,11-12H,1-6,8,10H2;6*1H. The molecule has 20 heavy (non-hydrogen) atoms. The molecule has 2 rings (SSSR count). The van der Waals surface area contributed by atoms with E-state index in [1.165, 1.54) is 51.4 Å². The van der Waals surface area contributed by atoms with E-state index >= 15 is 0 Å². The first-order chi connectivity index (χ1) is 6.95. The summed E-state index contributed by atoms with van der Waals surface area (Å²) in [5, 5.41) is 0. The van der Waals surface area contributed by atoms with E-state index in [0.29, 0.717) is 0 Å². The van der Waals surface area contributed by atoms with Crippen LogP contribution >= 0.6 is 102 Å². The molecular formula is C14H26Br6. The predicted octanol–water partition coefficient (Wildman–Crippen LogP) is 8.01. The van der Waals surface area contributed by atoms with Crippen LogP contribution in [0.2, 0.25) is 0 Å². The van der Waals surface area contributed by atoms with Crippen LogP contribution in [-0.4, -0.2) is 0 Å². The Morgan fingerprint density at radius 3 is 1.15 bits per heavy atom. The Hall–Kier alpha value is 2.10. The molecule has 0 aromatic rings. The molecule has 0 fully saturated rings. The molecule has 0 amide bonds. The molecule has 6 heteroatoms. The van der Waals surface area contributed by atoms with Crippen LogP contribution in [0.25, 0.3) is 0 Å². The molecule has 0 aromatic heterocycles. The Morgan fingerprint density at radius 1 is 0.550 bits per heavy atom. The summed E-state index contributed by atoms with van der Waals surface area (Å²) in [4.78, 5) is 0. The van der Waals surface area contributed by atoms with Crippen molar-refractivity contribution in [2.75, 3.05) is 0 Å². The zero-order valence-corrected chi connectivity index (χ0v) is 21.7. The van der Waals surface area contributed by atoms with Crippen molar-refractivity contribution in [2.45, 2.75) is 51.4 Å². The quantitative estimate of drug-likeness (QED) is 0.279. The number of allylic oxidation sites excluding steroid dienone is 6. The normalized spacial score (nSPS) is 16.4. The lowest BCUT2D eigenvalue weighted by atomic mass is 9.96. The zero-order valence-electron chi connectivity index (χ0n) is 11.4. The van der Waals surface area contributed by atoms with Gasteiger partial charge in [0.1, 0.15) is 0 Å². The zero-order chi connectivity index (χ0) is 9.64. The van der Waals surface area contributed by atoms with Gasteiger partial charge in [-0.25, -0.2) is 0 Å². The second kappa shape index (κ2) is 21.1. The van der Waals surface area contributed by atoms with Crippen LogP contribution in [0.3, 0.4) is 0 Å². The van der Waals surface area contributed by atoms with Crippen LogP contribution in [0.5, 0.6) is 0 Å². The van der Waals surface area contributed by atoms with Crippen LogP contribution in [0, 0.1) is 0 Å². The summed E-state index contributed by atoms with van der Waals surface area (Å²) >= 11 is 0. The van der Waals surface area contributed by atoms with E-state index in [2.05, 4.69) is 24.3 Å². The van der Waals surface area contributed by atoms with E-state index < -0.39 is 0 Å². The number of hydrogen-bond acceptors (Lipinski definition) is 0. The first-order valence-corrected chi connectivity index (χ1v) is 6.01. The molecule has 0 N–H and O–H groups in total. The first kappa shape index (κ1) is 33.6. The molecule has 0 bridgehead atoms. The Morgan fingerprint density at radius 2 is 0.900 bits per heavy atom. The molecule has 0 heterocycles. The molecule has 0 spiro atoms. The summed E-state index contributed by atoms with van der Waals surface area (Å²) in [6.45, 7) is 0. The fraction of sp³-hybridized carbons (Fsp3) is 0.571. The van der Waals surface area contributed by atoms with Gasteiger partial charge in [-0.2, -0.15) is 0 Å². The summed E-state index contributed by atoms with van der Waals surface area (Å²) in [5.41, 5.74) is 3.12. The maximum absolute atomic E-state index is 2.41. The highest BCUT2D eigenvalue weighted by Gasteiger charge is 2.02. The van der Waals surface area contributed by atoms with Crippen molar-refractivity contribution < 1.29 is 0 Å². The van der Waals surface area contributed by atoms with E-state index in [-0.39, 0.29) is 102 Å². The van der Waals surface area contributed by atoms with E-state index in [1.54, 1.807) is 11.1 Å². The molecule has 0 nitrogen and oxygen atoms in total. The molecule has 2 aliphatic rings. The number of rotatable bonds is 2. The molecule has 0 unspecified atom stereocenters. The van der Waals surface area contributed by atoms with Crippen molar-refractivity contribution in [1.29, 1.82) is 0 Å². The Kier molecular flexibility index (Phi) is 35.5. The van der Waals surface area contributed by atoms with Crippen molar-refractivity contribution >= 4 is 102 Å². The van der Waals surface area contributed by atoms with Gasteiger partial charge in [-0.15, -0.1) is 102 Å². The topological polar surface area (TPSA) is 0 Å². The minimum atomic E-state index is 0.